The van der Waals surface area contributed by atoms with E-state index >= 15 is 0 Å². The van der Waals surface area contributed by atoms with E-state index in [0.717, 1.165) is 18.0 Å². The van der Waals surface area contributed by atoms with Crippen LogP contribution in [0.3, 0.4) is 0 Å². The maximum Gasteiger partial charge on any atom is 0.0251 e. The fraction of sp³-hybridized carbons (Fsp3) is 1.00. The fourth-order valence-electron chi connectivity index (χ4n) is 3.74. The third-order valence-electron chi connectivity index (χ3n) is 5.23. The zero-order chi connectivity index (χ0) is 15.5. The molecule has 0 spiro atoms. The number of hydrogen-bond acceptors (Lipinski definition) is 2. The summed E-state index contributed by atoms with van der Waals surface area (Å²) in [4.78, 5) is 2.84. The molecule has 0 amide bonds. The number of nitrogens with one attached hydrogen (secondary N) is 1. The van der Waals surface area contributed by atoms with E-state index < -0.39 is 0 Å². The molecule has 126 valence electrons. The lowest BCUT2D eigenvalue weighted by atomic mass is 9.80. The van der Waals surface area contributed by atoms with Crippen molar-refractivity contribution in [1.29, 1.82) is 0 Å². The molecule has 1 saturated carbocycles. The lowest BCUT2D eigenvalue weighted by Gasteiger charge is -2.43. The van der Waals surface area contributed by atoms with Crippen LogP contribution in [0.1, 0.15) is 85.5 Å². The van der Waals surface area contributed by atoms with Gasteiger partial charge in [-0.15, -0.1) is 0 Å². The average Bonchev–Trinajstić information content (AvgIpc) is 2.53. The number of unbranched alkanes of at least 4 members (excludes halogenated alkanes) is 2. The fourth-order valence-corrected chi connectivity index (χ4v) is 3.74. The Labute approximate surface area is 134 Å². The van der Waals surface area contributed by atoms with Crippen LogP contribution in [0, 0.1) is 5.92 Å². The summed E-state index contributed by atoms with van der Waals surface area (Å²) in [6.07, 6.45) is 12.2. The molecule has 0 aliphatic heterocycles. The van der Waals surface area contributed by atoms with Crippen molar-refractivity contribution in [2.45, 2.75) is 97.6 Å². The molecule has 1 fully saturated rings. The third-order valence-corrected chi connectivity index (χ3v) is 5.23. The summed E-state index contributed by atoms with van der Waals surface area (Å²) in [5.41, 5.74) is 0. The molecule has 0 aromatic heterocycles. The minimum absolute atomic E-state index is 0.737. The summed E-state index contributed by atoms with van der Waals surface area (Å²) >= 11 is 0. The van der Waals surface area contributed by atoms with Crippen molar-refractivity contribution in [3.8, 4) is 0 Å². The normalized spacial score (nSPS) is 26.4. The Morgan fingerprint density at radius 1 is 0.905 bits per heavy atom. The highest BCUT2D eigenvalue weighted by molar-refractivity contribution is 4.91. The molecule has 0 bridgehead atoms. The van der Waals surface area contributed by atoms with Crippen LogP contribution in [-0.4, -0.2) is 36.6 Å². The smallest absolute Gasteiger partial charge is 0.0251 e. The van der Waals surface area contributed by atoms with Gasteiger partial charge in [0.25, 0.3) is 0 Å². The van der Waals surface area contributed by atoms with Gasteiger partial charge in [-0.25, -0.2) is 0 Å². The van der Waals surface area contributed by atoms with Gasteiger partial charge in [0.1, 0.15) is 0 Å². The van der Waals surface area contributed by atoms with Crippen LogP contribution in [0.2, 0.25) is 0 Å². The highest BCUT2D eigenvalue weighted by Crippen LogP contribution is 2.30. The molecule has 21 heavy (non-hydrogen) atoms. The van der Waals surface area contributed by atoms with E-state index in [2.05, 4.69) is 37.9 Å². The van der Waals surface area contributed by atoms with Gasteiger partial charge < -0.3 is 5.32 Å². The minimum atomic E-state index is 0.737. The Morgan fingerprint density at radius 2 is 1.57 bits per heavy atom. The zero-order valence-electron chi connectivity index (χ0n) is 15.2. The van der Waals surface area contributed by atoms with Crippen molar-refractivity contribution in [3.63, 3.8) is 0 Å². The molecule has 1 aliphatic carbocycles. The van der Waals surface area contributed by atoms with Crippen LogP contribution in [0.15, 0.2) is 0 Å². The lowest BCUT2D eigenvalue weighted by molar-refractivity contribution is 0.0923. The minimum Gasteiger partial charge on any atom is -0.312 e. The summed E-state index contributed by atoms with van der Waals surface area (Å²) in [6.45, 7) is 13.1. The molecule has 1 rings (SSSR count). The number of rotatable bonds is 11. The Balaban J connectivity index is 2.68. The summed E-state index contributed by atoms with van der Waals surface area (Å²) in [5.74, 6) is 0.959. The molecule has 2 nitrogen and oxygen atoms in total. The molecule has 3 unspecified atom stereocenters. The SMILES string of the molecule is CCCCN(CCCC)C1CC(CC)CCC1NCCC. The van der Waals surface area contributed by atoms with E-state index in [-0.39, 0.29) is 0 Å². The summed E-state index contributed by atoms with van der Waals surface area (Å²) in [7, 11) is 0. The number of hydrogen-bond donors (Lipinski definition) is 1. The average molecular weight is 297 g/mol. The Morgan fingerprint density at radius 3 is 2.10 bits per heavy atom. The molecule has 0 aromatic rings. The molecule has 0 aromatic carbocycles. The van der Waals surface area contributed by atoms with Crippen LogP contribution in [0.4, 0.5) is 0 Å². The lowest BCUT2D eigenvalue weighted by Crippen LogP contribution is -2.54. The second-order valence-corrected chi connectivity index (χ2v) is 6.96. The summed E-state index contributed by atoms with van der Waals surface area (Å²) < 4.78 is 0. The van der Waals surface area contributed by atoms with Gasteiger partial charge in [0.05, 0.1) is 0 Å². The van der Waals surface area contributed by atoms with Gasteiger partial charge in [-0.3, -0.25) is 4.90 Å². The standard InChI is InChI=1S/C19H40N2/c1-5-9-14-21(15-10-6-2)19-16-17(8-4)11-12-18(19)20-13-7-3/h17-20H,5-16H2,1-4H3. The molecular formula is C19H40N2. The molecular weight excluding hydrogens is 256 g/mol. The van der Waals surface area contributed by atoms with Gasteiger partial charge >= 0.3 is 0 Å². The van der Waals surface area contributed by atoms with Crippen LogP contribution in [0.5, 0.6) is 0 Å². The Hall–Kier alpha value is -0.0800. The van der Waals surface area contributed by atoms with Crippen LogP contribution in [-0.2, 0) is 0 Å². The van der Waals surface area contributed by atoms with Crippen LogP contribution < -0.4 is 5.32 Å². The number of nitrogens with zero attached hydrogens (tertiary/aromatic N) is 1. The highest BCUT2D eigenvalue weighted by Gasteiger charge is 2.32. The predicted octanol–water partition coefficient (Wildman–Crippen LogP) is 4.84. The van der Waals surface area contributed by atoms with E-state index in [9.17, 15) is 0 Å². The van der Waals surface area contributed by atoms with Crippen molar-refractivity contribution in [2.75, 3.05) is 19.6 Å². The van der Waals surface area contributed by atoms with Gasteiger partial charge in [-0.2, -0.15) is 0 Å². The first-order valence-electron chi connectivity index (χ1n) is 9.74. The molecule has 1 aliphatic rings. The topological polar surface area (TPSA) is 15.3 Å². The largest absolute Gasteiger partial charge is 0.312 e. The highest BCUT2D eigenvalue weighted by atomic mass is 15.2. The van der Waals surface area contributed by atoms with Crippen molar-refractivity contribution in [3.05, 3.63) is 0 Å². The molecule has 0 radical (unpaired) electrons. The van der Waals surface area contributed by atoms with Crippen molar-refractivity contribution >= 4 is 0 Å². The van der Waals surface area contributed by atoms with Gasteiger partial charge in [0.2, 0.25) is 0 Å². The van der Waals surface area contributed by atoms with Crippen LogP contribution in [0.25, 0.3) is 0 Å². The molecule has 0 heterocycles. The Bertz CT molecular complexity index is 234. The van der Waals surface area contributed by atoms with E-state index in [1.54, 1.807) is 0 Å². The first-order valence-corrected chi connectivity index (χ1v) is 9.74. The van der Waals surface area contributed by atoms with Gasteiger partial charge in [-0.1, -0.05) is 47.0 Å². The quantitative estimate of drug-likeness (QED) is 0.587. The van der Waals surface area contributed by atoms with Crippen molar-refractivity contribution in [1.82, 2.24) is 10.2 Å². The predicted molar refractivity (Wildman–Crippen MR) is 94.9 cm³/mol. The van der Waals surface area contributed by atoms with E-state index in [0.29, 0.717) is 0 Å². The van der Waals surface area contributed by atoms with Crippen molar-refractivity contribution in [2.24, 2.45) is 5.92 Å². The van der Waals surface area contributed by atoms with Crippen LogP contribution >= 0.6 is 0 Å². The Kier molecular flexibility index (Phi) is 10.4. The van der Waals surface area contributed by atoms with E-state index in [1.165, 1.54) is 77.4 Å². The third kappa shape index (κ3) is 6.69. The van der Waals surface area contributed by atoms with Gasteiger partial charge in [0.15, 0.2) is 0 Å². The second-order valence-electron chi connectivity index (χ2n) is 6.96. The molecule has 1 N–H and O–H groups in total. The van der Waals surface area contributed by atoms with Gasteiger partial charge in [-0.05, 0) is 64.1 Å². The maximum atomic E-state index is 3.86. The van der Waals surface area contributed by atoms with Crippen molar-refractivity contribution < 1.29 is 0 Å². The summed E-state index contributed by atoms with van der Waals surface area (Å²) in [6, 6.07) is 1.52. The molecule has 3 atom stereocenters. The van der Waals surface area contributed by atoms with E-state index in [1.807, 2.05) is 0 Å². The monoisotopic (exact) mass is 296 g/mol. The van der Waals surface area contributed by atoms with Gasteiger partial charge in [0, 0.05) is 12.1 Å². The molecule has 0 saturated heterocycles. The second kappa shape index (κ2) is 11.5. The summed E-state index contributed by atoms with van der Waals surface area (Å²) in [5, 5.41) is 3.86. The van der Waals surface area contributed by atoms with E-state index in [4.69, 9.17) is 0 Å². The first kappa shape index (κ1) is 19.0. The maximum absolute atomic E-state index is 3.86. The zero-order valence-corrected chi connectivity index (χ0v) is 15.2. The molecule has 2 heteroatoms. The first-order chi connectivity index (χ1) is 10.3.